The summed E-state index contributed by atoms with van der Waals surface area (Å²) in [6, 6.07) is 28.6. The molecule has 0 spiro atoms. The second-order valence-electron chi connectivity index (χ2n) is 6.64. The van der Waals surface area contributed by atoms with Crippen LogP contribution in [0.5, 0.6) is 0 Å². The zero-order valence-corrected chi connectivity index (χ0v) is 15.3. The van der Waals surface area contributed by atoms with Gasteiger partial charge in [0.05, 0.1) is 0 Å². The summed E-state index contributed by atoms with van der Waals surface area (Å²) in [6.07, 6.45) is 4.52. The van der Waals surface area contributed by atoms with E-state index in [-0.39, 0.29) is 4.83 Å². The van der Waals surface area contributed by atoms with E-state index in [1.54, 1.807) is 0 Å². The molecule has 1 aliphatic rings. The number of rotatable bonds is 1. The number of hydrogen-bond donors (Lipinski definition) is 0. The van der Waals surface area contributed by atoms with Crippen molar-refractivity contribution in [2.75, 3.05) is 0 Å². The van der Waals surface area contributed by atoms with Crippen LogP contribution in [-0.4, -0.2) is 4.83 Å². The van der Waals surface area contributed by atoms with Crippen molar-refractivity contribution in [3.63, 3.8) is 0 Å². The number of alkyl halides is 1. The van der Waals surface area contributed by atoms with E-state index in [9.17, 15) is 0 Å². The van der Waals surface area contributed by atoms with Gasteiger partial charge in [-0.15, -0.1) is 0 Å². The smallest absolute Gasteiger partial charge is 0.0438 e. The van der Waals surface area contributed by atoms with E-state index in [0.29, 0.717) is 5.92 Å². The predicted octanol–water partition coefficient (Wildman–Crippen LogP) is 6.92. The molecule has 0 radical (unpaired) electrons. The van der Waals surface area contributed by atoms with Crippen LogP contribution in [0.4, 0.5) is 0 Å². The molecule has 0 saturated carbocycles. The van der Waals surface area contributed by atoms with Crippen LogP contribution < -0.4 is 0 Å². The highest BCUT2D eigenvalue weighted by Gasteiger charge is 2.28. The van der Waals surface area contributed by atoms with Crippen molar-refractivity contribution in [2.24, 2.45) is 0 Å². The van der Waals surface area contributed by atoms with Crippen LogP contribution in [0.15, 0.2) is 84.9 Å². The lowest BCUT2D eigenvalue weighted by atomic mass is 9.78. The van der Waals surface area contributed by atoms with Gasteiger partial charge in [-0.05, 0) is 44.3 Å². The van der Waals surface area contributed by atoms with Gasteiger partial charge in [-0.2, -0.15) is 0 Å². The second-order valence-corrected chi connectivity index (χ2v) is 7.70. The maximum absolute atomic E-state index is 3.95. The molecule has 4 aromatic carbocycles. The first-order chi connectivity index (χ1) is 12.3. The number of benzene rings is 4. The molecule has 1 heteroatoms. The van der Waals surface area contributed by atoms with Gasteiger partial charge in [-0.25, -0.2) is 0 Å². The molecule has 120 valence electrons. The van der Waals surface area contributed by atoms with Crippen LogP contribution >= 0.6 is 15.9 Å². The van der Waals surface area contributed by atoms with Crippen LogP contribution in [0.25, 0.3) is 27.6 Å². The van der Waals surface area contributed by atoms with Crippen molar-refractivity contribution >= 4 is 43.6 Å². The van der Waals surface area contributed by atoms with Gasteiger partial charge in [0.2, 0.25) is 0 Å². The standard InChI is InChI=1S/C24H17Br/c25-22-14-13-16-7-1-4-10-19(16)24(22)23-20-11-5-2-8-17(20)15-18-9-3-6-12-21(18)23/h1-15,22,24H. The van der Waals surface area contributed by atoms with Crippen molar-refractivity contribution in [2.45, 2.75) is 10.7 Å². The average Bonchev–Trinajstić information content (AvgIpc) is 2.67. The summed E-state index contributed by atoms with van der Waals surface area (Å²) < 4.78 is 0. The van der Waals surface area contributed by atoms with Crippen molar-refractivity contribution < 1.29 is 0 Å². The van der Waals surface area contributed by atoms with Crippen LogP contribution in [0.3, 0.4) is 0 Å². The van der Waals surface area contributed by atoms with E-state index in [4.69, 9.17) is 0 Å². The first-order valence-corrected chi connectivity index (χ1v) is 9.56. The highest BCUT2D eigenvalue weighted by molar-refractivity contribution is 9.09. The summed E-state index contributed by atoms with van der Waals surface area (Å²) in [7, 11) is 0. The Kier molecular flexibility index (Phi) is 3.50. The van der Waals surface area contributed by atoms with Gasteiger partial charge >= 0.3 is 0 Å². The zero-order valence-electron chi connectivity index (χ0n) is 13.7. The molecule has 0 aliphatic heterocycles. The fraction of sp³-hybridized carbons (Fsp3) is 0.0833. The molecule has 1 aliphatic carbocycles. The van der Waals surface area contributed by atoms with Gasteiger partial charge in [0.25, 0.3) is 0 Å². The number of hydrogen-bond acceptors (Lipinski definition) is 0. The monoisotopic (exact) mass is 384 g/mol. The van der Waals surface area contributed by atoms with Gasteiger partial charge in [0.15, 0.2) is 0 Å². The minimum Gasteiger partial charge on any atom is -0.0835 e. The maximum Gasteiger partial charge on any atom is 0.0438 e. The first-order valence-electron chi connectivity index (χ1n) is 8.64. The van der Waals surface area contributed by atoms with Crippen molar-refractivity contribution in [1.29, 1.82) is 0 Å². The van der Waals surface area contributed by atoms with Crippen molar-refractivity contribution in [3.05, 3.63) is 102 Å². The largest absolute Gasteiger partial charge is 0.0835 e. The molecule has 0 aromatic heterocycles. The van der Waals surface area contributed by atoms with E-state index >= 15 is 0 Å². The highest BCUT2D eigenvalue weighted by Crippen LogP contribution is 2.44. The third-order valence-electron chi connectivity index (χ3n) is 5.23. The number of fused-ring (bicyclic) bond motifs is 3. The Bertz CT molecular complexity index is 1070. The SMILES string of the molecule is BrC1C=Cc2ccccc2C1c1c2ccccc2cc2ccccc12. The Morgan fingerprint density at radius 3 is 2.00 bits per heavy atom. The van der Waals surface area contributed by atoms with Gasteiger partial charge < -0.3 is 0 Å². The molecule has 0 heterocycles. The molecule has 5 rings (SSSR count). The molecule has 2 atom stereocenters. The molecular weight excluding hydrogens is 368 g/mol. The average molecular weight is 385 g/mol. The summed E-state index contributed by atoms with van der Waals surface area (Å²) in [5.74, 6) is 0.303. The van der Waals surface area contributed by atoms with Crippen molar-refractivity contribution in [3.8, 4) is 0 Å². The lowest BCUT2D eigenvalue weighted by molar-refractivity contribution is 0.861. The van der Waals surface area contributed by atoms with Crippen LogP contribution in [0.2, 0.25) is 0 Å². The summed E-state index contributed by atoms with van der Waals surface area (Å²) in [6.45, 7) is 0. The Morgan fingerprint density at radius 2 is 1.28 bits per heavy atom. The van der Waals surface area contributed by atoms with E-state index in [0.717, 1.165) is 0 Å². The molecule has 0 amide bonds. The Morgan fingerprint density at radius 1 is 0.680 bits per heavy atom. The minimum absolute atomic E-state index is 0.289. The van der Waals surface area contributed by atoms with Crippen LogP contribution in [0, 0.1) is 0 Å². The predicted molar refractivity (Wildman–Crippen MR) is 111 cm³/mol. The lowest BCUT2D eigenvalue weighted by Crippen LogP contribution is -2.17. The van der Waals surface area contributed by atoms with Gasteiger partial charge in [-0.3, -0.25) is 0 Å². The summed E-state index contributed by atoms with van der Waals surface area (Å²) >= 11 is 3.95. The normalized spacial score (nSPS) is 19.2. The van der Waals surface area contributed by atoms with Crippen LogP contribution in [-0.2, 0) is 0 Å². The van der Waals surface area contributed by atoms with E-state index < -0.39 is 0 Å². The topological polar surface area (TPSA) is 0 Å². The first kappa shape index (κ1) is 14.9. The fourth-order valence-electron chi connectivity index (χ4n) is 4.12. The molecule has 0 fully saturated rings. The van der Waals surface area contributed by atoms with E-state index in [2.05, 4.69) is 107 Å². The molecule has 0 nitrogen and oxygen atoms in total. The van der Waals surface area contributed by atoms with E-state index in [1.807, 2.05) is 0 Å². The molecule has 4 aromatic rings. The Balaban J connectivity index is 1.92. The number of halogens is 1. The third kappa shape index (κ3) is 2.34. The highest BCUT2D eigenvalue weighted by atomic mass is 79.9. The molecule has 0 N–H and O–H groups in total. The molecule has 0 bridgehead atoms. The molecular formula is C24H17Br. The Hall–Kier alpha value is -2.38. The third-order valence-corrected chi connectivity index (χ3v) is 6.07. The molecule has 25 heavy (non-hydrogen) atoms. The van der Waals surface area contributed by atoms with Gasteiger partial charge in [-0.1, -0.05) is 101 Å². The summed E-state index contributed by atoms with van der Waals surface area (Å²) in [5, 5.41) is 5.31. The lowest BCUT2D eigenvalue weighted by Gasteiger charge is -2.29. The summed E-state index contributed by atoms with van der Waals surface area (Å²) in [4.78, 5) is 0.289. The second kappa shape index (κ2) is 5.86. The fourth-order valence-corrected chi connectivity index (χ4v) is 4.82. The van der Waals surface area contributed by atoms with E-state index in [1.165, 1.54) is 38.2 Å². The molecule has 0 saturated heterocycles. The van der Waals surface area contributed by atoms with Gasteiger partial charge in [0.1, 0.15) is 0 Å². The van der Waals surface area contributed by atoms with Crippen molar-refractivity contribution in [1.82, 2.24) is 0 Å². The Labute approximate surface area is 155 Å². The van der Waals surface area contributed by atoms with Crippen LogP contribution in [0.1, 0.15) is 22.6 Å². The summed E-state index contributed by atoms with van der Waals surface area (Å²) in [5.41, 5.74) is 4.14. The number of allylic oxidation sites excluding steroid dienone is 1. The zero-order chi connectivity index (χ0) is 16.8. The maximum atomic E-state index is 3.95. The molecule has 2 unspecified atom stereocenters. The quantitative estimate of drug-likeness (QED) is 0.247. The van der Waals surface area contributed by atoms with Gasteiger partial charge in [0, 0.05) is 10.7 Å². The minimum atomic E-state index is 0.289.